The van der Waals surface area contributed by atoms with Gasteiger partial charge in [0.25, 0.3) is 0 Å². The third kappa shape index (κ3) is 1.86. The molecule has 0 fully saturated rings. The highest BCUT2D eigenvalue weighted by atomic mass is 79.9. The van der Waals surface area contributed by atoms with E-state index in [1.807, 2.05) is 0 Å². The molecule has 0 unspecified atom stereocenters. The van der Waals surface area contributed by atoms with Gasteiger partial charge in [-0.2, -0.15) is 0 Å². The number of carboxylic acids is 1. The number of aldehydes is 1. The van der Waals surface area contributed by atoms with Gasteiger partial charge in [0.15, 0.2) is 6.29 Å². The van der Waals surface area contributed by atoms with E-state index in [-0.39, 0.29) is 11.1 Å². The molecule has 0 aliphatic heterocycles. The normalized spacial score (nSPS) is 9.62. The first-order chi connectivity index (χ1) is 6.06. The highest BCUT2D eigenvalue weighted by molar-refractivity contribution is 9.10. The largest absolute Gasteiger partial charge is 0.506 e. The number of hydrogen-bond donors (Lipinski definition) is 2. The number of benzene rings is 1. The van der Waals surface area contributed by atoms with Gasteiger partial charge in [-0.1, -0.05) is 15.9 Å². The first-order valence-electron chi connectivity index (χ1n) is 3.27. The summed E-state index contributed by atoms with van der Waals surface area (Å²) in [6.07, 6.45) is 0.395. The first kappa shape index (κ1) is 9.73. The van der Waals surface area contributed by atoms with Crippen molar-refractivity contribution in [2.45, 2.75) is 0 Å². The van der Waals surface area contributed by atoms with Crippen molar-refractivity contribution in [3.63, 3.8) is 0 Å². The number of aromatic hydroxyl groups is 1. The molecule has 0 saturated heterocycles. The highest BCUT2D eigenvalue weighted by Crippen LogP contribution is 2.25. The lowest BCUT2D eigenvalue weighted by Crippen LogP contribution is -1.99. The maximum atomic E-state index is 10.5. The molecule has 0 aliphatic carbocycles. The summed E-state index contributed by atoms with van der Waals surface area (Å²) in [5, 5.41) is 17.9. The summed E-state index contributed by atoms with van der Waals surface area (Å²) in [4.78, 5) is 20.9. The number of halogens is 1. The quantitative estimate of drug-likeness (QED) is 0.777. The second-order valence-electron chi connectivity index (χ2n) is 2.31. The molecule has 68 valence electrons. The van der Waals surface area contributed by atoms with E-state index in [2.05, 4.69) is 15.9 Å². The maximum Gasteiger partial charge on any atom is 0.339 e. The summed E-state index contributed by atoms with van der Waals surface area (Å²) in [6, 6.07) is 2.57. The van der Waals surface area contributed by atoms with Crippen LogP contribution in [0.4, 0.5) is 0 Å². The Hall–Kier alpha value is -1.36. The molecular weight excluding hydrogens is 240 g/mol. The molecule has 0 aliphatic rings. The Kier molecular flexibility index (Phi) is 2.67. The van der Waals surface area contributed by atoms with Crippen molar-refractivity contribution in [3.8, 4) is 5.75 Å². The van der Waals surface area contributed by atoms with Gasteiger partial charge in [-0.05, 0) is 12.1 Å². The summed E-state index contributed by atoms with van der Waals surface area (Å²) in [5.41, 5.74) is -0.344. The van der Waals surface area contributed by atoms with Crippen LogP contribution in [0.15, 0.2) is 16.6 Å². The van der Waals surface area contributed by atoms with E-state index >= 15 is 0 Å². The number of aromatic carboxylic acids is 1. The monoisotopic (exact) mass is 244 g/mol. The maximum absolute atomic E-state index is 10.5. The zero-order chi connectivity index (χ0) is 10.0. The Labute approximate surface area is 81.9 Å². The zero-order valence-electron chi connectivity index (χ0n) is 6.32. The van der Waals surface area contributed by atoms with Crippen molar-refractivity contribution in [2.75, 3.05) is 0 Å². The average molecular weight is 245 g/mol. The van der Waals surface area contributed by atoms with Crippen LogP contribution >= 0.6 is 15.9 Å². The molecule has 0 spiro atoms. The van der Waals surface area contributed by atoms with E-state index in [0.717, 1.165) is 0 Å². The summed E-state index contributed by atoms with van der Waals surface area (Å²) in [5.74, 6) is -1.78. The molecule has 5 heteroatoms. The van der Waals surface area contributed by atoms with Crippen molar-refractivity contribution >= 4 is 28.2 Å². The van der Waals surface area contributed by atoms with E-state index in [4.69, 9.17) is 5.11 Å². The van der Waals surface area contributed by atoms with Crippen molar-refractivity contribution in [2.24, 2.45) is 0 Å². The fourth-order valence-electron chi connectivity index (χ4n) is 0.873. The molecule has 0 aromatic heterocycles. The molecule has 1 aromatic carbocycles. The second kappa shape index (κ2) is 3.57. The van der Waals surface area contributed by atoms with Crippen molar-refractivity contribution in [1.29, 1.82) is 0 Å². The predicted octanol–water partition coefficient (Wildman–Crippen LogP) is 1.67. The molecule has 4 nitrogen and oxygen atoms in total. The number of hydrogen-bond acceptors (Lipinski definition) is 3. The van der Waals surface area contributed by atoms with Gasteiger partial charge in [-0.3, -0.25) is 4.79 Å². The molecule has 0 saturated carbocycles. The number of carbonyl (C=O) groups is 2. The van der Waals surface area contributed by atoms with Gasteiger partial charge in [0.1, 0.15) is 11.3 Å². The van der Waals surface area contributed by atoms with Crippen LogP contribution in [0.2, 0.25) is 0 Å². The van der Waals surface area contributed by atoms with Crippen LogP contribution in [0, 0.1) is 0 Å². The highest BCUT2D eigenvalue weighted by Gasteiger charge is 2.14. The van der Waals surface area contributed by atoms with Gasteiger partial charge in [-0.15, -0.1) is 0 Å². The fourth-order valence-corrected chi connectivity index (χ4v) is 1.35. The number of carbonyl (C=O) groups excluding carboxylic acids is 1. The van der Waals surface area contributed by atoms with Gasteiger partial charge in [0.2, 0.25) is 0 Å². The van der Waals surface area contributed by atoms with Crippen LogP contribution in [0.3, 0.4) is 0 Å². The first-order valence-corrected chi connectivity index (χ1v) is 4.06. The minimum absolute atomic E-state index is 0.0493. The van der Waals surface area contributed by atoms with E-state index in [0.29, 0.717) is 10.8 Å². The number of carboxylic acid groups (broad SMARTS) is 1. The van der Waals surface area contributed by atoms with Crippen molar-refractivity contribution < 1.29 is 19.8 Å². The third-order valence-electron chi connectivity index (χ3n) is 1.46. The second-order valence-corrected chi connectivity index (χ2v) is 3.23. The minimum atomic E-state index is -1.28. The fraction of sp³-hybridized carbons (Fsp3) is 0. The smallest absolute Gasteiger partial charge is 0.339 e. The van der Waals surface area contributed by atoms with Crippen LogP contribution in [-0.4, -0.2) is 22.5 Å². The van der Waals surface area contributed by atoms with Gasteiger partial charge in [0.05, 0.1) is 5.56 Å². The zero-order valence-corrected chi connectivity index (χ0v) is 7.91. The van der Waals surface area contributed by atoms with Crippen LogP contribution < -0.4 is 0 Å². The Morgan fingerprint density at radius 3 is 2.54 bits per heavy atom. The Balaban J connectivity index is 3.44. The van der Waals surface area contributed by atoms with Gasteiger partial charge >= 0.3 is 5.97 Å². The summed E-state index contributed by atoms with van der Waals surface area (Å²) in [6.45, 7) is 0. The Bertz CT molecular complexity index is 373. The SMILES string of the molecule is O=Cc1cc(Br)cc(C(=O)O)c1O. The lowest BCUT2D eigenvalue weighted by Gasteiger charge is -2.02. The summed E-state index contributed by atoms with van der Waals surface area (Å²) < 4.78 is 0.435. The molecular formula is C8H5BrO4. The Morgan fingerprint density at radius 1 is 1.46 bits per heavy atom. The molecule has 0 bridgehead atoms. The van der Waals surface area contributed by atoms with Crippen molar-refractivity contribution in [1.82, 2.24) is 0 Å². The minimum Gasteiger partial charge on any atom is -0.506 e. The van der Waals surface area contributed by atoms with Crippen LogP contribution in [-0.2, 0) is 0 Å². The molecule has 0 atom stereocenters. The number of phenols is 1. The van der Waals surface area contributed by atoms with Crippen LogP contribution in [0.1, 0.15) is 20.7 Å². The van der Waals surface area contributed by atoms with E-state index in [9.17, 15) is 14.7 Å². The standard InChI is InChI=1S/C8H5BrO4/c9-5-1-4(3-10)7(11)6(2-5)8(12)13/h1-3,11H,(H,12,13). The Morgan fingerprint density at radius 2 is 2.08 bits per heavy atom. The average Bonchev–Trinajstić information content (AvgIpc) is 2.08. The molecule has 0 heterocycles. The molecule has 2 N–H and O–H groups in total. The molecule has 0 radical (unpaired) electrons. The topological polar surface area (TPSA) is 74.6 Å². The molecule has 13 heavy (non-hydrogen) atoms. The summed E-state index contributed by atoms with van der Waals surface area (Å²) in [7, 11) is 0. The van der Waals surface area contributed by atoms with E-state index < -0.39 is 11.7 Å². The van der Waals surface area contributed by atoms with Crippen LogP contribution in [0.25, 0.3) is 0 Å². The molecule has 1 aromatic rings. The molecule has 1 rings (SSSR count). The van der Waals surface area contributed by atoms with Gasteiger partial charge in [-0.25, -0.2) is 4.79 Å². The van der Waals surface area contributed by atoms with Crippen molar-refractivity contribution in [3.05, 3.63) is 27.7 Å². The van der Waals surface area contributed by atoms with Crippen LogP contribution in [0.5, 0.6) is 5.75 Å². The van der Waals surface area contributed by atoms with Gasteiger partial charge < -0.3 is 10.2 Å². The predicted molar refractivity (Wildman–Crippen MR) is 48.2 cm³/mol. The third-order valence-corrected chi connectivity index (χ3v) is 1.92. The van der Waals surface area contributed by atoms with E-state index in [1.165, 1.54) is 12.1 Å². The molecule has 0 amide bonds. The lowest BCUT2D eigenvalue weighted by atomic mass is 10.1. The van der Waals surface area contributed by atoms with Gasteiger partial charge in [0, 0.05) is 4.47 Å². The lowest BCUT2D eigenvalue weighted by molar-refractivity contribution is 0.0693. The number of rotatable bonds is 2. The summed E-state index contributed by atoms with van der Waals surface area (Å²) >= 11 is 3.02. The van der Waals surface area contributed by atoms with E-state index in [1.54, 1.807) is 0 Å².